The quantitative estimate of drug-likeness (QED) is 0.478. The van der Waals surface area contributed by atoms with Gasteiger partial charge in [0.25, 0.3) is 5.91 Å². The van der Waals surface area contributed by atoms with Crippen LogP contribution in [0.15, 0.2) is 53.9 Å². The van der Waals surface area contributed by atoms with Crippen LogP contribution in [0, 0.1) is 0 Å². The maximum atomic E-state index is 12.5. The van der Waals surface area contributed by atoms with Gasteiger partial charge in [-0.05, 0) is 36.2 Å². The van der Waals surface area contributed by atoms with Gasteiger partial charge in [0, 0.05) is 17.5 Å². The second-order valence-electron chi connectivity index (χ2n) is 6.60. The molecule has 2 N–H and O–H groups in total. The number of thiazole rings is 1. The van der Waals surface area contributed by atoms with Crippen LogP contribution in [0.2, 0.25) is 0 Å². The van der Waals surface area contributed by atoms with Crippen LogP contribution in [0.4, 0.5) is 13.9 Å². The molecule has 3 rings (SSSR count). The van der Waals surface area contributed by atoms with Crippen molar-refractivity contribution < 1.29 is 27.8 Å². The number of nitrogens with zero attached hydrogens (tertiary/aromatic N) is 1. The SMILES string of the molecule is COc1ccc(CCNC(=O)Cc2csc(NC(=O)c3ccccc3)n2)cc1OC(F)F. The summed E-state index contributed by atoms with van der Waals surface area (Å²) in [5, 5.41) is 7.58. The van der Waals surface area contributed by atoms with Gasteiger partial charge in [-0.1, -0.05) is 24.3 Å². The Kier molecular flexibility index (Phi) is 8.09. The number of aromatic nitrogens is 1. The monoisotopic (exact) mass is 461 g/mol. The maximum Gasteiger partial charge on any atom is 0.387 e. The largest absolute Gasteiger partial charge is 0.493 e. The van der Waals surface area contributed by atoms with Gasteiger partial charge in [0.1, 0.15) is 0 Å². The Hall–Kier alpha value is -3.53. The third-order valence-corrected chi connectivity index (χ3v) is 5.14. The van der Waals surface area contributed by atoms with E-state index in [0.29, 0.717) is 34.9 Å². The van der Waals surface area contributed by atoms with E-state index in [-0.39, 0.29) is 29.7 Å². The highest BCUT2D eigenvalue weighted by Gasteiger charge is 2.13. The number of nitrogens with one attached hydrogen (secondary N) is 2. The van der Waals surface area contributed by atoms with Crippen molar-refractivity contribution >= 4 is 28.3 Å². The summed E-state index contributed by atoms with van der Waals surface area (Å²) in [6, 6.07) is 13.5. The highest BCUT2D eigenvalue weighted by Crippen LogP contribution is 2.29. The Morgan fingerprint density at radius 2 is 1.91 bits per heavy atom. The zero-order chi connectivity index (χ0) is 22.9. The van der Waals surface area contributed by atoms with Crippen LogP contribution >= 0.6 is 11.3 Å². The van der Waals surface area contributed by atoms with Crippen molar-refractivity contribution in [1.29, 1.82) is 0 Å². The lowest BCUT2D eigenvalue weighted by Gasteiger charge is -2.11. The summed E-state index contributed by atoms with van der Waals surface area (Å²) in [5.41, 5.74) is 1.76. The van der Waals surface area contributed by atoms with Crippen molar-refractivity contribution in [3.05, 3.63) is 70.7 Å². The third-order valence-electron chi connectivity index (χ3n) is 4.33. The third kappa shape index (κ3) is 6.74. The second kappa shape index (κ2) is 11.2. The maximum absolute atomic E-state index is 12.5. The van der Waals surface area contributed by atoms with E-state index in [1.807, 2.05) is 6.07 Å². The minimum absolute atomic E-state index is 0.0556. The van der Waals surface area contributed by atoms with Crippen LogP contribution in [0.1, 0.15) is 21.6 Å². The standard InChI is InChI=1S/C22H21F2N3O4S/c1-30-17-8-7-14(11-18(17)31-21(23)24)9-10-25-19(28)12-16-13-32-22(26-16)27-20(29)15-5-3-2-4-6-15/h2-8,11,13,21H,9-10,12H2,1H3,(H,25,28)(H,26,27,29). The van der Waals surface area contributed by atoms with Gasteiger partial charge in [0.05, 0.1) is 19.2 Å². The van der Waals surface area contributed by atoms with Crippen LogP contribution in [-0.4, -0.2) is 37.1 Å². The number of amides is 2. The number of hydrogen-bond donors (Lipinski definition) is 2. The molecule has 0 unspecified atom stereocenters. The van der Waals surface area contributed by atoms with E-state index in [2.05, 4.69) is 20.4 Å². The van der Waals surface area contributed by atoms with Gasteiger partial charge in [0.15, 0.2) is 16.6 Å². The van der Waals surface area contributed by atoms with Crippen molar-refractivity contribution in [2.45, 2.75) is 19.5 Å². The van der Waals surface area contributed by atoms with Gasteiger partial charge in [0.2, 0.25) is 5.91 Å². The number of alkyl halides is 2. The van der Waals surface area contributed by atoms with E-state index in [1.165, 1.54) is 30.6 Å². The number of halogens is 2. The molecule has 2 amide bonds. The molecular weight excluding hydrogens is 440 g/mol. The molecule has 1 aromatic heterocycles. The summed E-state index contributed by atoms with van der Waals surface area (Å²) in [7, 11) is 1.37. The van der Waals surface area contributed by atoms with Crippen molar-refractivity contribution in [2.75, 3.05) is 19.0 Å². The molecular formula is C22H21F2N3O4S. The topological polar surface area (TPSA) is 89.6 Å². The molecule has 0 aliphatic heterocycles. The van der Waals surface area contributed by atoms with Crippen LogP contribution in [-0.2, 0) is 17.6 Å². The lowest BCUT2D eigenvalue weighted by Crippen LogP contribution is -2.27. The van der Waals surface area contributed by atoms with E-state index in [0.717, 1.165) is 0 Å². The molecule has 3 aromatic rings. The summed E-state index contributed by atoms with van der Waals surface area (Å²) in [5.74, 6) is -0.366. The molecule has 0 saturated heterocycles. The fourth-order valence-corrected chi connectivity index (χ4v) is 3.55. The van der Waals surface area contributed by atoms with Gasteiger partial charge < -0.3 is 14.8 Å². The number of ether oxygens (including phenoxy) is 2. The number of rotatable bonds is 10. The summed E-state index contributed by atoms with van der Waals surface area (Å²) < 4.78 is 34.5. The molecule has 0 spiro atoms. The summed E-state index contributed by atoms with van der Waals surface area (Å²) in [6.45, 7) is -2.65. The number of carbonyl (C=O) groups is 2. The van der Waals surface area contributed by atoms with E-state index in [9.17, 15) is 18.4 Å². The Morgan fingerprint density at radius 1 is 1.12 bits per heavy atom. The van der Waals surface area contributed by atoms with E-state index < -0.39 is 6.61 Å². The highest BCUT2D eigenvalue weighted by molar-refractivity contribution is 7.14. The lowest BCUT2D eigenvalue weighted by molar-refractivity contribution is -0.120. The molecule has 0 saturated carbocycles. The molecule has 2 aromatic carbocycles. The Labute approximate surface area is 187 Å². The number of methoxy groups -OCH3 is 1. The molecule has 0 bridgehead atoms. The number of anilines is 1. The first-order valence-electron chi connectivity index (χ1n) is 9.64. The van der Waals surface area contributed by atoms with Gasteiger partial charge in [-0.2, -0.15) is 8.78 Å². The smallest absolute Gasteiger partial charge is 0.387 e. The van der Waals surface area contributed by atoms with Crippen molar-refractivity contribution in [2.24, 2.45) is 0 Å². The molecule has 0 fully saturated rings. The molecule has 168 valence electrons. The van der Waals surface area contributed by atoms with Gasteiger partial charge in [-0.3, -0.25) is 14.9 Å². The van der Waals surface area contributed by atoms with Gasteiger partial charge in [-0.25, -0.2) is 4.98 Å². The second-order valence-corrected chi connectivity index (χ2v) is 7.46. The molecule has 10 heteroatoms. The van der Waals surface area contributed by atoms with Crippen LogP contribution in [0.5, 0.6) is 11.5 Å². The molecule has 7 nitrogen and oxygen atoms in total. The number of benzene rings is 2. The van der Waals surface area contributed by atoms with E-state index >= 15 is 0 Å². The predicted molar refractivity (Wildman–Crippen MR) is 117 cm³/mol. The number of carbonyl (C=O) groups excluding carboxylic acids is 2. The fraction of sp³-hybridized carbons (Fsp3) is 0.227. The van der Waals surface area contributed by atoms with Crippen LogP contribution < -0.4 is 20.1 Å². The first kappa shape index (κ1) is 23.1. The zero-order valence-corrected chi connectivity index (χ0v) is 18.0. The molecule has 0 atom stereocenters. The first-order valence-corrected chi connectivity index (χ1v) is 10.5. The normalized spacial score (nSPS) is 10.6. The summed E-state index contributed by atoms with van der Waals surface area (Å²) in [6.07, 6.45) is 0.477. The zero-order valence-electron chi connectivity index (χ0n) is 17.1. The Balaban J connectivity index is 1.47. The number of hydrogen-bond acceptors (Lipinski definition) is 6. The summed E-state index contributed by atoms with van der Waals surface area (Å²) >= 11 is 1.24. The highest BCUT2D eigenvalue weighted by atomic mass is 32.1. The van der Waals surface area contributed by atoms with Crippen molar-refractivity contribution in [3.8, 4) is 11.5 Å². The minimum atomic E-state index is -2.96. The Bertz CT molecular complexity index is 1060. The average molecular weight is 461 g/mol. The van der Waals surface area contributed by atoms with Crippen molar-refractivity contribution in [1.82, 2.24) is 10.3 Å². The van der Waals surface area contributed by atoms with E-state index in [4.69, 9.17) is 4.74 Å². The van der Waals surface area contributed by atoms with Gasteiger partial charge in [-0.15, -0.1) is 11.3 Å². The Morgan fingerprint density at radius 3 is 2.62 bits per heavy atom. The molecule has 32 heavy (non-hydrogen) atoms. The average Bonchev–Trinajstić information content (AvgIpc) is 3.20. The molecule has 1 heterocycles. The predicted octanol–water partition coefficient (Wildman–Crippen LogP) is 3.91. The van der Waals surface area contributed by atoms with Crippen LogP contribution in [0.3, 0.4) is 0 Å². The fourth-order valence-electron chi connectivity index (χ4n) is 2.84. The van der Waals surface area contributed by atoms with Gasteiger partial charge >= 0.3 is 6.61 Å². The summed E-state index contributed by atoms with van der Waals surface area (Å²) in [4.78, 5) is 28.6. The minimum Gasteiger partial charge on any atom is -0.493 e. The first-order chi connectivity index (χ1) is 15.4. The van der Waals surface area contributed by atoms with E-state index in [1.54, 1.807) is 35.7 Å². The molecule has 0 radical (unpaired) electrons. The molecule has 0 aliphatic carbocycles. The van der Waals surface area contributed by atoms with Crippen molar-refractivity contribution in [3.63, 3.8) is 0 Å². The molecule has 0 aliphatic rings. The van der Waals surface area contributed by atoms with Crippen LogP contribution in [0.25, 0.3) is 0 Å². The lowest BCUT2D eigenvalue weighted by atomic mass is 10.1.